The molecular formula is C19H23BrClN3O4S. The topological polar surface area (TPSA) is 100 Å². The van der Waals surface area contributed by atoms with Gasteiger partial charge in [0, 0.05) is 42.0 Å². The lowest BCUT2D eigenvalue weighted by Gasteiger charge is -2.20. The number of hydrogen-bond donors (Lipinski definition) is 3. The van der Waals surface area contributed by atoms with Crippen LogP contribution in [0.1, 0.15) is 30.4 Å². The Kier molecular flexibility index (Phi) is 6.45. The summed E-state index contributed by atoms with van der Waals surface area (Å²) in [6.07, 6.45) is 2.90. The number of pyridine rings is 1. The first-order chi connectivity index (χ1) is 13.6. The van der Waals surface area contributed by atoms with Crippen LogP contribution in [0.3, 0.4) is 0 Å². The SMILES string of the molecule is Cc1c(Nc2ccc(Br)cc2Cl)c(CNS(=O)(=O)C2(CCO)CC2)cn(C)c1=O. The number of halogens is 2. The van der Waals surface area contributed by atoms with Gasteiger partial charge in [-0.15, -0.1) is 0 Å². The summed E-state index contributed by atoms with van der Waals surface area (Å²) in [6.45, 7) is 1.53. The Labute approximate surface area is 183 Å². The van der Waals surface area contributed by atoms with Crippen molar-refractivity contribution in [2.45, 2.75) is 37.5 Å². The molecular weight excluding hydrogens is 482 g/mol. The highest BCUT2D eigenvalue weighted by molar-refractivity contribution is 9.10. The Morgan fingerprint density at radius 1 is 1.34 bits per heavy atom. The van der Waals surface area contributed by atoms with Gasteiger partial charge in [-0.1, -0.05) is 27.5 Å². The van der Waals surface area contributed by atoms with Gasteiger partial charge in [0.2, 0.25) is 10.0 Å². The summed E-state index contributed by atoms with van der Waals surface area (Å²) in [5.41, 5.74) is 2.01. The highest BCUT2D eigenvalue weighted by atomic mass is 79.9. The van der Waals surface area contributed by atoms with Crippen molar-refractivity contribution in [2.75, 3.05) is 11.9 Å². The van der Waals surface area contributed by atoms with Crippen molar-refractivity contribution >= 4 is 48.9 Å². The number of aryl methyl sites for hydroxylation is 1. The normalized spacial score (nSPS) is 15.3. The molecule has 7 nitrogen and oxygen atoms in total. The molecule has 1 saturated carbocycles. The van der Waals surface area contributed by atoms with E-state index in [-0.39, 0.29) is 25.1 Å². The lowest BCUT2D eigenvalue weighted by molar-refractivity contribution is 0.282. The van der Waals surface area contributed by atoms with Crippen LogP contribution in [0.4, 0.5) is 11.4 Å². The number of rotatable bonds is 8. The predicted octanol–water partition coefficient (Wildman–Crippen LogP) is 3.19. The van der Waals surface area contributed by atoms with E-state index in [9.17, 15) is 18.3 Å². The van der Waals surface area contributed by atoms with E-state index in [0.717, 1.165) is 4.47 Å². The fourth-order valence-electron chi connectivity index (χ4n) is 3.32. The van der Waals surface area contributed by atoms with Crippen molar-refractivity contribution in [3.63, 3.8) is 0 Å². The first-order valence-corrected chi connectivity index (χ1v) is 11.8. The Morgan fingerprint density at radius 2 is 2.03 bits per heavy atom. The number of anilines is 2. The largest absolute Gasteiger partial charge is 0.396 e. The lowest BCUT2D eigenvalue weighted by Crippen LogP contribution is -2.37. The number of sulfonamides is 1. The Bertz CT molecular complexity index is 1100. The molecule has 0 atom stereocenters. The van der Waals surface area contributed by atoms with Gasteiger partial charge in [0.25, 0.3) is 5.56 Å². The fraction of sp³-hybridized carbons (Fsp3) is 0.421. The zero-order chi connectivity index (χ0) is 21.4. The second-order valence-corrected chi connectivity index (χ2v) is 10.8. The van der Waals surface area contributed by atoms with Crippen molar-refractivity contribution in [3.05, 3.63) is 55.4 Å². The van der Waals surface area contributed by atoms with Gasteiger partial charge in [-0.05, 0) is 44.4 Å². The first kappa shape index (κ1) is 22.3. The van der Waals surface area contributed by atoms with Gasteiger partial charge in [0.05, 0.1) is 21.1 Å². The molecule has 3 rings (SSSR count). The fourth-order valence-corrected chi connectivity index (χ4v) is 5.70. The van der Waals surface area contributed by atoms with Crippen LogP contribution in [-0.2, 0) is 23.6 Å². The number of nitrogens with one attached hydrogen (secondary N) is 2. The molecule has 0 radical (unpaired) electrons. The molecule has 158 valence electrons. The highest BCUT2D eigenvalue weighted by Gasteiger charge is 2.53. The quantitative estimate of drug-likeness (QED) is 0.513. The van der Waals surface area contributed by atoms with Gasteiger partial charge in [-0.3, -0.25) is 4.79 Å². The van der Waals surface area contributed by atoms with E-state index >= 15 is 0 Å². The van der Waals surface area contributed by atoms with Crippen molar-refractivity contribution in [3.8, 4) is 0 Å². The number of benzene rings is 1. The third-order valence-corrected chi connectivity index (χ3v) is 8.36. The van der Waals surface area contributed by atoms with Crippen molar-refractivity contribution in [1.82, 2.24) is 9.29 Å². The zero-order valence-corrected chi connectivity index (χ0v) is 19.3. The number of aromatic nitrogens is 1. The Hall–Kier alpha value is -1.39. The van der Waals surface area contributed by atoms with E-state index in [1.807, 2.05) is 6.07 Å². The molecule has 29 heavy (non-hydrogen) atoms. The maximum Gasteiger partial charge on any atom is 0.255 e. The van der Waals surface area contributed by atoms with Crippen molar-refractivity contribution in [2.24, 2.45) is 7.05 Å². The maximum atomic E-state index is 12.7. The molecule has 1 aliphatic carbocycles. The van der Waals surface area contributed by atoms with E-state index < -0.39 is 14.8 Å². The van der Waals surface area contributed by atoms with Crippen LogP contribution in [0.25, 0.3) is 0 Å². The average Bonchev–Trinajstić information content (AvgIpc) is 3.44. The second kappa shape index (κ2) is 8.39. The third-order valence-electron chi connectivity index (χ3n) is 5.28. The summed E-state index contributed by atoms with van der Waals surface area (Å²) in [5.74, 6) is 0. The van der Waals surface area contributed by atoms with E-state index in [1.165, 1.54) is 4.57 Å². The number of hydrogen-bond acceptors (Lipinski definition) is 5. The van der Waals surface area contributed by atoms with Crippen LogP contribution in [0.5, 0.6) is 0 Å². The molecule has 0 unspecified atom stereocenters. The minimum atomic E-state index is -3.61. The molecule has 0 amide bonds. The monoisotopic (exact) mass is 503 g/mol. The summed E-state index contributed by atoms with van der Waals surface area (Å²) < 4.78 is 29.5. The van der Waals surface area contributed by atoms with Crippen LogP contribution in [0.15, 0.2) is 33.7 Å². The summed E-state index contributed by atoms with van der Waals surface area (Å²) in [5, 5.41) is 12.8. The van der Waals surface area contributed by atoms with Crippen LogP contribution >= 0.6 is 27.5 Å². The van der Waals surface area contributed by atoms with Gasteiger partial charge >= 0.3 is 0 Å². The molecule has 1 aromatic carbocycles. The van der Waals surface area contributed by atoms with Crippen molar-refractivity contribution < 1.29 is 13.5 Å². The lowest BCUT2D eigenvalue weighted by atomic mass is 10.1. The van der Waals surface area contributed by atoms with E-state index in [2.05, 4.69) is 26.0 Å². The van der Waals surface area contributed by atoms with Crippen molar-refractivity contribution in [1.29, 1.82) is 0 Å². The van der Waals surface area contributed by atoms with Gasteiger partial charge < -0.3 is 15.0 Å². The minimum absolute atomic E-state index is 0.0148. The molecule has 0 spiro atoms. The standard InChI is InChI=1S/C19H23BrClN3O4S/c1-12-17(23-16-4-3-14(20)9-15(16)21)13(11-24(2)18(12)26)10-22-29(27,28)19(5-6-19)7-8-25/h3-4,9,11,22-23,25H,5-8,10H2,1-2H3. The molecule has 1 fully saturated rings. The summed E-state index contributed by atoms with van der Waals surface area (Å²) in [7, 11) is -1.98. The van der Waals surface area contributed by atoms with Crippen LogP contribution in [0, 0.1) is 6.92 Å². The van der Waals surface area contributed by atoms with Crippen LogP contribution in [-0.4, -0.2) is 29.4 Å². The molecule has 1 aromatic heterocycles. The minimum Gasteiger partial charge on any atom is -0.396 e. The summed E-state index contributed by atoms with van der Waals surface area (Å²) >= 11 is 9.65. The molecule has 3 N–H and O–H groups in total. The summed E-state index contributed by atoms with van der Waals surface area (Å²) in [4.78, 5) is 12.4. The first-order valence-electron chi connectivity index (χ1n) is 9.11. The highest BCUT2D eigenvalue weighted by Crippen LogP contribution is 2.46. The molecule has 1 aliphatic rings. The van der Waals surface area contributed by atoms with E-state index in [0.29, 0.717) is 40.4 Å². The smallest absolute Gasteiger partial charge is 0.255 e. The third kappa shape index (κ3) is 4.54. The number of nitrogens with zero attached hydrogens (tertiary/aromatic N) is 1. The van der Waals surface area contributed by atoms with E-state index in [1.54, 1.807) is 32.3 Å². The van der Waals surface area contributed by atoms with E-state index in [4.69, 9.17) is 11.6 Å². The molecule has 0 aliphatic heterocycles. The predicted molar refractivity (Wildman–Crippen MR) is 118 cm³/mol. The average molecular weight is 505 g/mol. The second-order valence-electron chi connectivity index (χ2n) is 7.30. The van der Waals surface area contributed by atoms with Gasteiger partial charge in [0.15, 0.2) is 0 Å². The van der Waals surface area contributed by atoms with Crippen LogP contribution < -0.4 is 15.6 Å². The van der Waals surface area contributed by atoms with Crippen LogP contribution in [0.2, 0.25) is 5.02 Å². The molecule has 0 bridgehead atoms. The Balaban J connectivity index is 1.93. The molecule has 10 heteroatoms. The Morgan fingerprint density at radius 3 is 2.62 bits per heavy atom. The summed E-state index contributed by atoms with van der Waals surface area (Å²) in [6, 6.07) is 5.32. The van der Waals surface area contributed by atoms with Gasteiger partial charge in [0.1, 0.15) is 0 Å². The zero-order valence-electron chi connectivity index (χ0n) is 16.1. The molecule has 2 aromatic rings. The maximum absolute atomic E-state index is 12.7. The van der Waals surface area contributed by atoms with Gasteiger partial charge in [-0.25, -0.2) is 13.1 Å². The number of aliphatic hydroxyl groups is 1. The molecule has 1 heterocycles. The molecule has 0 saturated heterocycles. The number of aliphatic hydroxyl groups excluding tert-OH is 1. The van der Waals surface area contributed by atoms with Gasteiger partial charge in [-0.2, -0.15) is 0 Å².